The lowest BCUT2D eigenvalue weighted by Crippen LogP contribution is -2.38. The third kappa shape index (κ3) is 8.32. The highest BCUT2D eigenvalue weighted by Crippen LogP contribution is 2.23. The second-order valence-corrected chi connectivity index (χ2v) is 13.2. The Balaban J connectivity index is 0.000000164. The Kier molecular flexibility index (Phi) is 10.1. The van der Waals surface area contributed by atoms with E-state index in [1.54, 1.807) is 24.3 Å². The van der Waals surface area contributed by atoms with Gasteiger partial charge in [-0.25, -0.2) is 8.78 Å². The summed E-state index contributed by atoms with van der Waals surface area (Å²) >= 11 is 0. The van der Waals surface area contributed by atoms with Gasteiger partial charge in [-0.15, -0.1) is 10.2 Å². The highest BCUT2D eigenvalue weighted by molar-refractivity contribution is 5.94. The normalized spacial score (nSPS) is 13.5. The van der Waals surface area contributed by atoms with Crippen molar-refractivity contribution < 1.29 is 27.8 Å². The first-order chi connectivity index (χ1) is 25.6. The maximum atomic E-state index is 13.2. The van der Waals surface area contributed by atoms with E-state index in [4.69, 9.17) is 9.47 Å². The molecule has 53 heavy (non-hydrogen) atoms. The lowest BCUT2D eigenvalue weighted by molar-refractivity contribution is 0.0699. The van der Waals surface area contributed by atoms with E-state index in [1.807, 2.05) is 92.2 Å². The van der Waals surface area contributed by atoms with Gasteiger partial charge < -0.3 is 28.4 Å². The minimum absolute atomic E-state index is 0.0141. The predicted octanol–water partition coefficient (Wildman–Crippen LogP) is 5.50. The monoisotopic (exact) mass is 722 g/mol. The minimum atomic E-state index is -0.287. The maximum absolute atomic E-state index is 13.2. The molecule has 14 heteroatoms. The van der Waals surface area contributed by atoms with Crippen LogP contribution < -0.4 is 9.47 Å². The molecule has 2 aromatic carbocycles. The van der Waals surface area contributed by atoms with Crippen LogP contribution >= 0.6 is 0 Å². The van der Waals surface area contributed by atoms with E-state index in [0.717, 1.165) is 28.2 Å². The molecule has 0 atom stereocenters. The van der Waals surface area contributed by atoms with Crippen LogP contribution in [0.15, 0.2) is 91.4 Å². The van der Waals surface area contributed by atoms with Crippen LogP contribution in [0.1, 0.15) is 48.9 Å². The summed E-state index contributed by atoms with van der Waals surface area (Å²) in [4.78, 5) is 29.0. The van der Waals surface area contributed by atoms with E-state index in [2.05, 4.69) is 10.2 Å². The number of ether oxygens (including phenoxy) is 2. The van der Waals surface area contributed by atoms with Crippen LogP contribution in [0.4, 0.5) is 8.78 Å². The first-order valence-corrected chi connectivity index (χ1v) is 17.3. The molecule has 0 radical (unpaired) electrons. The number of amides is 2. The fourth-order valence-corrected chi connectivity index (χ4v) is 6.32. The molecule has 0 spiro atoms. The number of nitrogens with zero attached hydrogens (tertiary/aromatic N) is 8. The number of rotatable bonds is 8. The van der Waals surface area contributed by atoms with Gasteiger partial charge in [-0.05, 0) is 54.4 Å². The Bertz CT molecular complexity index is 2230. The molecule has 274 valence electrons. The number of carbonyl (C=O) groups is 2. The van der Waals surface area contributed by atoms with Crippen molar-refractivity contribution in [3.63, 3.8) is 0 Å². The Morgan fingerprint density at radius 1 is 0.679 bits per heavy atom. The van der Waals surface area contributed by atoms with Gasteiger partial charge in [0.05, 0.1) is 48.7 Å². The average Bonchev–Trinajstić information content (AvgIpc) is 3.95. The number of halogens is 2. The van der Waals surface area contributed by atoms with Crippen LogP contribution in [-0.2, 0) is 53.5 Å². The van der Waals surface area contributed by atoms with Crippen molar-refractivity contribution in [1.82, 2.24) is 38.5 Å². The third-order valence-electron chi connectivity index (χ3n) is 9.26. The van der Waals surface area contributed by atoms with Crippen molar-refractivity contribution in [2.24, 2.45) is 14.1 Å². The highest BCUT2D eigenvalue weighted by Gasteiger charge is 2.26. The smallest absolute Gasteiger partial charge is 0.255 e. The fourth-order valence-electron chi connectivity index (χ4n) is 6.32. The summed E-state index contributed by atoms with van der Waals surface area (Å²) in [5, 5.41) is 8.85. The number of hydrogen-bond donors (Lipinski definition) is 0. The molecular weight excluding hydrogens is 682 g/mol. The SMILES string of the molecule is Cc1cc(C(=O)N2CCn3nc(OCc4cccc(F)c4)cc3C2)cn1C.Cn1ccc(C(=O)N2CCn3nc(OCc4cccc(F)c4)cc3C2)c1. The van der Waals surface area contributed by atoms with Crippen molar-refractivity contribution in [3.8, 4) is 11.8 Å². The van der Waals surface area contributed by atoms with Gasteiger partial charge in [0.2, 0.25) is 11.8 Å². The van der Waals surface area contributed by atoms with Gasteiger partial charge in [0.1, 0.15) is 24.8 Å². The van der Waals surface area contributed by atoms with Crippen LogP contribution in [0.3, 0.4) is 0 Å². The van der Waals surface area contributed by atoms with Crippen LogP contribution in [0.5, 0.6) is 11.8 Å². The molecule has 2 amide bonds. The summed E-state index contributed by atoms with van der Waals surface area (Å²) in [7, 11) is 3.82. The van der Waals surface area contributed by atoms with E-state index >= 15 is 0 Å². The second-order valence-electron chi connectivity index (χ2n) is 13.2. The van der Waals surface area contributed by atoms with E-state index in [1.165, 1.54) is 24.3 Å². The minimum Gasteiger partial charge on any atom is -0.472 e. The quantitative estimate of drug-likeness (QED) is 0.206. The van der Waals surface area contributed by atoms with Gasteiger partial charge >= 0.3 is 0 Å². The highest BCUT2D eigenvalue weighted by atomic mass is 19.1. The molecule has 0 aliphatic carbocycles. The fraction of sp³-hybridized carbons (Fsp3) is 0.282. The van der Waals surface area contributed by atoms with Gasteiger partial charge in [0.15, 0.2) is 0 Å². The van der Waals surface area contributed by atoms with Crippen molar-refractivity contribution in [2.45, 2.75) is 46.3 Å². The lowest BCUT2D eigenvalue weighted by atomic mass is 10.2. The second kappa shape index (κ2) is 15.2. The number of hydrogen-bond acceptors (Lipinski definition) is 6. The zero-order valence-corrected chi connectivity index (χ0v) is 29.8. The average molecular weight is 723 g/mol. The largest absolute Gasteiger partial charge is 0.472 e. The summed E-state index contributed by atoms with van der Waals surface area (Å²) in [6.45, 7) is 5.91. The number of carbonyl (C=O) groups excluding carboxylic acids is 2. The summed E-state index contributed by atoms with van der Waals surface area (Å²) in [5.41, 5.74) is 5.78. The molecule has 6 aromatic rings. The molecule has 2 aliphatic heterocycles. The molecular formula is C39H40F2N8O4. The molecule has 2 aliphatic rings. The van der Waals surface area contributed by atoms with Crippen LogP contribution in [0, 0.1) is 18.6 Å². The molecule has 0 saturated carbocycles. The number of benzene rings is 2. The molecule has 0 saturated heterocycles. The van der Waals surface area contributed by atoms with Crippen molar-refractivity contribution in [3.05, 3.63) is 142 Å². The van der Waals surface area contributed by atoms with E-state index < -0.39 is 0 Å². The molecule has 6 heterocycles. The third-order valence-corrected chi connectivity index (χ3v) is 9.26. The Labute approximate surface area is 305 Å². The van der Waals surface area contributed by atoms with Crippen molar-refractivity contribution >= 4 is 11.8 Å². The summed E-state index contributed by atoms with van der Waals surface area (Å²) < 4.78 is 45.4. The predicted molar refractivity (Wildman–Crippen MR) is 191 cm³/mol. The molecule has 0 fully saturated rings. The molecule has 0 bridgehead atoms. The van der Waals surface area contributed by atoms with Gasteiger partial charge in [-0.3, -0.25) is 19.0 Å². The topological polar surface area (TPSA) is 105 Å². The van der Waals surface area contributed by atoms with E-state index in [0.29, 0.717) is 62.2 Å². The lowest BCUT2D eigenvalue weighted by Gasteiger charge is -2.27. The molecule has 4 aromatic heterocycles. The summed E-state index contributed by atoms with van der Waals surface area (Å²) in [6, 6.07) is 20.0. The first kappa shape index (κ1) is 35.2. The van der Waals surface area contributed by atoms with Crippen LogP contribution in [0.25, 0.3) is 0 Å². The number of aromatic nitrogens is 6. The maximum Gasteiger partial charge on any atom is 0.255 e. The van der Waals surface area contributed by atoms with Gasteiger partial charge in [0.25, 0.3) is 11.8 Å². The van der Waals surface area contributed by atoms with Crippen molar-refractivity contribution in [1.29, 1.82) is 0 Å². The Hall–Kier alpha value is -6.18. The van der Waals surface area contributed by atoms with Gasteiger partial charge in [-0.2, -0.15) is 0 Å². The number of fused-ring (bicyclic) bond motifs is 2. The zero-order valence-electron chi connectivity index (χ0n) is 29.8. The van der Waals surface area contributed by atoms with Crippen LogP contribution in [-0.4, -0.2) is 63.4 Å². The number of aryl methyl sites for hydroxylation is 3. The molecule has 0 unspecified atom stereocenters. The molecule has 0 N–H and O–H groups in total. The molecule has 12 nitrogen and oxygen atoms in total. The van der Waals surface area contributed by atoms with Gasteiger partial charge in [0, 0.05) is 63.6 Å². The standard InChI is InChI=1S/C20H21FN4O2.C19H19FN4O2/c1-14-8-16(11-23(14)2)20(26)24-6-7-25-18(12-24)10-19(22-25)27-13-15-4-3-5-17(21)9-15;1-22-6-5-15(11-22)19(25)23-7-8-24-17(12-23)10-18(21-24)26-13-14-3-2-4-16(20)9-14/h3-5,8-11H,6-7,12-13H2,1-2H3;2-6,9-11H,7-8,12-13H2,1H3. The zero-order chi connectivity index (χ0) is 37.1. The van der Waals surface area contributed by atoms with Crippen molar-refractivity contribution in [2.75, 3.05) is 13.1 Å². The Morgan fingerprint density at radius 2 is 1.21 bits per heavy atom. The van der Waals surface area contributed by atoms with E-state index in [-0.39, 0.29) is 36.7 Å². The summed E-state index contributed by atoms with van der Waals surface area (Å²) in [5.74, 6) is 0.432. The van der Waals surface area contributed by atoms with Gasteiger partial charge in [-0.1, -0.05) is 24.3 Å². The summed E-state index contributed by atoms with van der Waals surface area (Å²) in [6.07, 6.45) is 5.54. The first-order valence-electron chi connectivity index (χ1n) is 17.3. The van der Waals surface area contributed by atoms with E-state index in [9.17, 15) is 18.4 Å². The van der Waals surface area contributed by atoms with Crippen LogP contribution in [0.2, 0.25) is 0 Å². The molecule has 8 rings (SSSR count). The Morgan fingerprint density at radius 3 is 1.66 bits per heavy atom.